The fourth-order valence-electron chi connectivity index (χ4n) is 2.32. The third-order valence-electron chi connectivity index (χ3n) is 3.32. The number of carbonyl (C=O) groups is 1. The molecular weight excluding hydrogens is 244 g/mol. The van der Waals surface area contributed by atoms with Gasteiger partial charge in [-0.3, -0.25) is 9.48 Å². The molecule has 1 aliphatic heterocycles. The van der Waals surface area contributed by atoms with Gasteiger partial charge in [0, 0.05) is 25.5 Å². The van der Waals surface area contributed by atoms with E-state index in [9.17, 15) is 4.79 Å². The average molecular weight is 266 g/mol. The third-order valence-corrected chi connectivity index (χ3v) is 3.32. The maximum Gasteiger partial charge on any atom is 0.239 e. The van der Waals surface area contributed by atoms with E-state index in [0.29, 0.717) is 26.2 Å². The topological polar surface area (TPSA) is 73.4 Å². The molecular formula is C13H22N4O2. The predicted molar refractivity (Wildman–Crippen MR) is 71.4 cm³/mol. The molecule has 1 fully saturated rings. The Kier molecular flexibility index (Phi) is 4.93. The van der Waals surface area contributed by atoms with Gasteiger partial charge in [-0.2, -0.15) is 5.10 Å². The minimum absolute atomic E-state index is 0.00794. The number of ether oxygens (including phenoxy) is 1. The summed E-state index contributed by atoms with van der Waals surface area (Å²) in [6.07, 6.45) is 5.29. The van der Waals surface area contributed by atoms with E-state index in [-0.39, 0.29) is 18.1 Å². The molecule has 2 unspecified atom stereocenters. The van der Waals surface area contributed by atoms with Gasteiger partial charge >= 0.3 is 0 Å². The van der Waals surface area contributed by atoms with Crippen molar-refractivity contribution in [3.63, 3.8) is 0 Å². The molecule has 106 valence electrons. The van der Waals surface area contributed by atoms with Crippen LogP contribution in [-0.2, 0) is 16.1 Å². The van der Waals surface area contributed by atoms with Crippen LogP contribution >= 0.6 is 0 Å². The van der Waals surface area contributed by atoms with Crippen molar-refractivity contribution in [1.29, 1.82) is 0 Å². The van der Waals surface area contributed by atoms with E-state index in [1.54, 1.807) is 6.20 Å². The smallest absolute Gasteiger partial charge is 0.239 e. The standard InChI is InChI=1S/C13H22N4O2/c1-2-4-12(14)13(18)16-7-8-19-11(9-16)10-17-6-3-5-15-17/h3,5-6,11-12H,2,4,7-10,14H2,1H3. The molecule has 0 spiro atoms. The number of hydrogen-bond acceptors (Lipinski definition) is 4. The van der Waals surface area contributed by atoms with Crippen molar-refractivity contribution >= 4 is 5.91 Å². The summed E-state index contributed by atoms with van der Waals surface area (Å²) >= 11 is 0. The molecule has 1 amide bonds. The van der Waals surface area contributed by atoms with Crippen LogP contribution in [0.15, 0.2) is 18.5 Å². The summed E-state index contributed by atoms with van der Waals surface area (Å²) in [6, 6.07) is 1.50. The fraction of sp³-hybridized carbons (Fsp3) is 0.692. The van der Waals surface area contributed by atoms with Crippen LogP contribution in [0.2, 0.25) is 0 Å². The van der Waals surface area contributed by atoms with Crippen molar-refractivity contribution in [2.45, 2.75) is 38.5 Å². The zero-order valence-electron chi connectivity index (χ0n) is 11.4. The lowest BCUT2D eigenvalue weighted by Crippen LogP contribution is -2.52. The van der Waals surface area contributed by atoms with Crippen LogP contribution in [0.3, 0.4) is 0 Å². The van der Waals surface area contributed by atoms with Gasteiger partial charge in [-0.15, -0.1) is 0 Å². The molecule has 2 N–H and O–H groups in total. The second-order valence-electron chi connectivity index (χ2n) is 4.90. The van der Waals surface area contributed by atoms with E-state index in [4.69, 9.17) is 10.5 Å². The molecule has 1 saturated heterocycles. The van der Waals surface area contributed by atoms with E-state index < -0.39 is 0 Å². The molecule has 0 radical (unpaired) electrons. The van der Waals surface area contributed by atoms with Crippen LogP contribution < -0.4 is 5.73 Å². The van der Waals surface area contributed by atoms with Gasteiger partial charge in [-0.1, -0.05) is 13.3 Å². The first-order valence-electron chi connectivity index (χ1n) is 6.84. The number of hydrogen-bond donors (Lipinski definition) is 1. The van der Waals surface area contributed by atoms with Crippen molar-refractivity contribution in [3.05, 3.63) is 18.5 Å². The zero-order valence-corrected chi connectivity index (χ0v) is 11.4. The first kappa shape index (κ1) is 14.0. The monoisotopic (exact) mass is 266 g/mol. The summed E-state index contributed by atoms with van der Waals surface area (Å²) in [6.45, 7) is 4.49. The van der Waals surface area contributed by atoms with Gasteiger partial charge in [-0.25, -0.2) is 0 Å². The quantitative estimate of drug-likeness (QED) is 0.828. The molecule has 0 aromatic carbocycles. The Labute approximate surface area is 113 Å². The molecule has 2 heterocycles. The van der Waals surface area contributed by atoms with Crippen molar-refractivity contribution in [2.24, 2.45) is 5.73 Å². The maximum absolute atomic E-state index is 12.2. The second kappa shape index (κ2) is 6.68. The number of amides is 1. The molecule has 6 heteroatoms. The summed E-state index contributed by atoms with van der Waals surface area (Å²) in [5, 5.41) is 4.15. The molecule has 6 nitrogen and oxygen atoms in total. The van der Waals surface area contributed by atoms with E-state index in [0.717, 1.165) is 12.8 Å². The van der Waals surface area contributed by atoms with Crippen molar-refractivity contribution < 1.29 is 9.53 Å². The van der Waals surface area contributed by atoms with Crippen molar-refractivity contribution in [2.75, 3.05) is 19.7 Å². The first-order valence-corrected chi connectivity index (χ1v) is 6.84. The third kappa shape index (κ3) is 3.78. The van der Waals surface area contributed by atoms with Crippen LogP contribution in [0.25, 0.3) is 0 Å². The largest absolute Gasteiger partial charge is 0.373 e. The number of nitrogens with two attached hydrogens (primary N) is 1. The molecule has 1 aliphatic rings. The summed E-state index contributed by atoms with van der Waals surface area (Å²) in [5.74, 6) is 0.0376. The van der Waals surface area contributed by atoms with Gasteiger partial charge in [0.25, 0.3) is 0 Å². The number of morpholine rings is 1. The van der Waals surface area contributed by atoms with Gasteiger partial charge in [0.1, 0.15) is 0 Å². The normalized spacial score (nSPS) is 21.4. The van der Waals surface area contributed by atoms with E-state index in [2.05, 4.69) is 5.10 Å². The highest BCUT2D eigenvalue weighted by atomic mass is 16.5. The summed E-state index contributed by atoms with van der Waals surface area (Å²) in [7, 11) is 0. The van der Waals surface area contributed by atoms with E-state index in [1.807, 2.05) is 28.8 Å². The summed E-state index contributed by atoms with van der Waals surface area (Å²) < 4.78 is 7.50. The lowest BCUT2D eigenvalue weighted by molar-refractivity contribution is -0.140. The number of aromatic nitrogens is 2. The van der Waals surface area contributed by atoms with Gasteiger partial charge in [0.2, 0.25) is 5.91 Å². The first-order chi connectivity index (χ1) is 9.20. The lowest BCUT2D eigenvalue weighted by atomic mass is 10.1. The minimum Gasteiger partial charge on any atom is -0.373 e. The Morgan fingerprint density at radius 1 is 1.63 bits per heavy atom. The zero-order chi connectivity index (χ0) is 13.7. The van der Waals surface area contributed by atoms with Crippen molar-refractivity contribution in [3.8, 4) is 0 Å². The summed E-state index contributed by atoms with van der Waals surface area (Å²) in [5.41, 5.74) is 5.89. The van der Waals surface area contributed by atoms with Gasteiger partial charge in [0.15, 0.2) is 0 Å². The Morgan fingerprint density at radius 2 is 2.47 bits per heavy atom. The Balaban J connectivity index is 1.88. The van der Waals surface area contributed by atoms with Crippen LogP contribution in [-0.4, -0.2) is 52.4 Å². The summed E-state index contributed by atoms with van der Waals surface area (Å²) in [4.78, 5) is 14.0. The average Bonchev–Trinajstić information content (AvgIpc) is 2.91. The highest BCUT2D eigenvalue weighted by Gasteiger charge is 2.27. The number of nitrogens with zero attached hydrogens (tertiary/aromatic N) is 3. The Hall–Kier alpha value is -1.40. The molecule has 0 bridgehead atoms. The minimum atomic E-state index is -0.381. The van der Waals surface area contributed by atoms with E-state index >= 15 is 0 Å². The van der Waals surface area contributed by atoms with E-state index in [1.165, 1.54) is 0 Å². The molecule has 1 aromatic heterocycles. The molecule has 0 saturated carbocycles. The maximum atomic E-state index is 12.2. The van der Waals surface area contributed by atoms with Crippen LogP contribution in [0.4, 0.5) is 0 Å². The highest BCUT2D eigenvalue weighted by molar-refractivity contribution is 5.81. The second-order valence-corrected chi connectivity index (χ2v) is 4.90. The predicted octanol–water partition coefficient (Wildman–Crippen LogP) is 0.238. The highest BCUT2D eigenvalue weighted by Crippen LogP contribution is 2.10. The van der Waals surface area contributed by atoms with Crippen LogP contribution in [0.1, 0.15) is 19.8 Å². The lowest BCUT2D eigenvalue weighted by Gasteiger charge is -2.34. The van der Waals surface area contributed by atoms with Crippen LogP contribution in [0, 0.1) is 0 Å². The number of carbonyl (C=O) groups excluding carboxylic acids is 1. The van der Waals surface area contributed by atoms with Crippen molar-refractivity contribution in [1.82, 2.24) is 14.7 Å². The van der Waals surface area contributed by atoms with Crippen LogP contribution in [0.5, 0.6) is 0 Å². The Morgan fingerprint density at radius 3 is 3.16 bits per heavy atom. The SMILES string of the molecule is CCCC(N)C(=O)N1CCOC(Cn2cccn2)C1. The van der Waals surface area contributed by atoms with Gasteiger partial charge < -0.3 is 15.4 Å². The molecule has 1 aromatic rings. The Bertz CT molecular complexity index is 393. The fourth-order valence-corrected chi connectivity index (χ4v) is 2.32. The molecule has 0 aliphatic carbocycles. The van der Waals surface area contributed by atoms with Gasteiger partial charge in [-0.05, 0) is 12.5 Å². The van der Waals surface area contributed by atoms with Gasteiger partial charge in [0.05, 0.1) is 25.3 Å². The molecule has 2 rings (SSSR count). The molecule has 2 atom stereocenters. The number of rotatable bonds is 5. The molecule has 19 heavy (non-hydrogen) atoms.